The number of rotatable bonds is 9. The van der Waals surface area contributed by atoms with Crippen molar-refractivity contribution in [2.75, 3.05) is 26.2 Å². The molecule has 0 aromatic rings. The minimum atomic E-state index is 0.0487. The maximum atomic E-state index is 11.7. The highest BCUT2D eigenvalue weighted by Gasteiger charge is 2.08. The smallest absolute Gasteiger partial charge is 0.223 e. The molecule has 0 fully saturated rings. The SMILES string of the molecule is CCN(CC)C(=O)CCNCCC(=O)NC(C)C. The Kier molecular flexibility index (Phi) is 9.28. The number of amides is 2. The van der Waals surface area contributed by atoms with E-state index in [0.717, 1.165) is 13.1 Å². The van der Waals surface area contributed by atoms with Crippen molar-refractivity contribution >= 4 is 11.8 Å². The van der Waals surface area contributed by atoms with Gasteiger partial charge < -0.3 is 15.5 Å². The van der Waals surface area contributed by atoms with Crippen molar-refractivity contribution in [1.82, 2.24) is 15.5 Å². The molecule has 0 heterocycles. The van der Waals surface area contributed by atoms with Gasteiger partial charge in [-0.25, -0.2) is 0 Å². The molecule has 0 aliphatic carbocycles. The third kappa shape index (κ3) is 8.06. The second-order valence-corrected chi connectivity index (χ2v) is 4.54. The molecule has 0 atom stereocenters. The van der Waals surface area contributed by atoms with E-state index < -0.39 is 0 Å². The van der Waals surface area contributed by atoms with Gasteiger partial charge in [0.25, 0.3) is 0 Å². The summed E-state index contributed by atoms with van der Waals surface area (Å²) in [5.74, 6) is 0.215. The monoisotopic (exact) mass is 257 g/mol. The van der Waals surface area contributed by atoms with Crippen molar-refractivity contribution in [1.29, 1.82) is 0 Å². The molecule has 18 heavy (non-hydrogen) atoms. The molecule has 0 aromatic heterocycles. The number of carbonyl (C=O) groups is 2. The Bertz CT molecular complexity index is 251. The molecule has 0 rings (SSSR count). The van der Waals surface area contributed by atoms with Crippen molar-refractivity contribution < 1.29 is 9.59 Å². The minimum Gasteiger partial charge on any atom is -0.354 e. The predicted molar refractivity (Wildman–Crippen MR) is 73.3 cm³/mol. The summed E-state index contributed by atoms with van der Waals surface area (Å²) < 4.78 is 0. The number of hydrogen-bond acceptors (Lipinski definition) is 3. The zero-order chi connectivity index (χ0) is 14.0. The average molecular weight is 257 g/mol. The molecule has 0 aliphatic heterocycles. The fraction of sp³-hybridized carbons (Fsp3) is 0.846. The van der Waals surface area contributed by atoms with E-state index in [-0.39, 0.29) is 17.9 Å². The van der Waals surface area contributed by atoms with Crippen LogP contribution in [0, 0.1) is 0 Å². The highest BCUT2D eigenvalue weighted by atomic mass is 16.2. The molecule has 106 valence electrons. The first-order valence-corrected chi connectivity index (χ1v) is 6.79. The van der Waals surface area contributed by atoms with E-state index in [1.165, 1.54) is 0 Å². The quantitative estimate of drug-likeness (QED) is 0.599. The standard InChI is InChI=1S/C13H27N3O2/c1-5-16(6-2)13(18)8-10-14-9-7-12(17)15-11(3)4/h11,14H,5-10H2,1-4H3,(H,15,17). The van der Waals surface area contributed by atoms with E-state index in [1.807, 2.05) is 32.6 Å². The van der Waals surface area contributed by atoms with Gasteiger partial charge in [-0.05, 0) is 27.7 Å². The molecular formula is C13H27N3O2. The van der Waals surface area contributed by atoms with Crippen LogP contribution in [-0.2, 0) is 9.59 Å². The number of nitrogens with one attached hydrogen (secondary N) is 2. The molecule has 2 N–H and O–H groups in total. The fourth-order valence-electron chi connectivity index (χ4n) is 1.65. The molecule has 5 nitrogen and oxygen atoms in total. The molecule has 0 radical (unpaired) electrons. The van der Waals surface area contributed by atoms with Crippen LogP contribution in [-0.4, -0.2) is 48.9 Å². The van der Waals surface area contributed by atoms with E-state index in [2.05, 4.69) is 10.6 Å². The van der Waals surface area contributed by atoms with Gasteiger partial charge in [0.1, 0.15) is 0 Å². The lowest BCUT2D eigenvalue weighted by Crippen LogP contribution is -2.35. The van der Waals surface area contributed by atoms with Crippen LogP contribution < -0.4 is 10.6 Å². The van der Waals surface area contributed by atoms with E-state index >= 15 is 0 Å². The lowest BCUT2D eigenvalue weighted by atomic mass is 10.3. The van der Waals surface area contributed by atoms with Crippen LogP contribution in [0.15, 0.2) is 0 Å². The second-order valence-electron chi connectivity index (χ2n) is 4.54. The van der Waals surface area contributed by atoms with Crippen LogP contribution in [0.1, 0.15) is 40.5 Å². The first-order valence-electron chi connectivity index (χ1n) is 6.79. The summed E-state index contributed by atoms with van der Waals surface area (Å²) in [6.07, 6.45) is 0.950. The second kappa shape index (κ2) is 9.88. The van der Waals surface area contributed by atoms with Crippen molar-refractivity contribution in [3.05, 3.63) is 0 Å². The summed E-state index contributed by atoms with van der Waals surface area (Å²) in [6, 6.07) is 0.182. The van der Waals surface area contributed by atoms with Gasteiger partial charge in [0.2, 0.25) is 11.8 Å². The largest absolute Gasteiger partial charge is 0.354 e. The van der Waals surface area contributed by atoms with Crippen LogP contribution in [0.25, 0.3) is 0 Å². The minimum absolute atomic E-state index is 0.0487. The van der Waals surface area contributed by atoms with E-state index in [9.17, 15) is 9.59 Å². The zero-order valence-corrected chi connectivity index (χ0v) is 12.1. The lowest BCUT2D eigenvalue weighted by molar-refractivity contribution is -0.130. The van der Waals surface area contributed by atoms with Crippen LogP contribution in [0.5, 0.6) is 0 Å². The molecule has 0 saturated heterocycles. The molecule has 0 aliphatic rings. The Balaban J connectivity index is 3.56. The Labute approximate surface area is 110 Å². The van der Waals surface area contributed by atoms with Crippen molar-refractivity contribution in [3.8, 4) is 0 Å². The maximum absolute atomic E-state index is 11.7. The molecule has 0 bridgehead atoms. The summed E-state index contributed by atoms with van der Waals surface area (Å²) in [6.45, 7) is 10.6. The summed E-state index contributed by atoms with van der Waals surface area (Å²) in [4.78, 5) is 24.8. The van der Waals surface area contributed by atoms with Gasteiger partial charge in [-0.15, -0.1) is 0 Å². The lowest BCUT2D eigenvalue weighted by Gasteiger charge is -2.18. The number of hydrogen-bond donors (Lipinski definition) is 2. The van der Waals surface area contributed by atoms with E-state index in [4.69, 9.17) is 0 Å². The molecule has 0 aromatic carbocycles. The summed E-state index contributed by atoms with van der Waals surface area (Å²) in [7, 11) is 0. The van der Waals surface area contributed by atoms with Gasteiger partial charge in [-0.1, -0.05) is 0 Å². The molecule has 0 spiro atoms. The maximum Gasteiger partial charge on any atom is 0.223 e. The molecular weight excluding hydrogens is 230 g/mol. The highest BCUT2D eigenvalue weighted by Crippen LogP contribution is 1.92. The Morgan fingerprint density at radius 1 is 1.06 bits per heavy atom. The van der Waals surface area contributed by atoms with Crippen molar-refractivity contribution in [2.45, 2.75) is 46.6 Å². The predicted octanol–water partition coefficient (Wildman–Crippen LogP) is 0.749. The fourth-order valence-corrected chi connectivity index (χ4v) is 1.65. The first kappa shape index (κ1) is 16.9. The molecule has 0 saturated carbocycles. The Morgan fingerprint density at radius 3 is 2.11 bits per heavy atom. The van der Waals surface area contributed by atoms with Crippen LogP contribution >= 0.6 is 0 Å². The van der Waals surface area contributed by atoms with E-state index in [1.54, 1.807) is 0 Å². The van der Waals surface area contributed by atoms with Gasteiger partial charge in [-0.3, -0.25) is 9.59 Å². The molecule has 2 amide bonds. The average Bonchev–Trinajstić information content (AvgIpc) is 2.29. The Morgan fingerprint density at radius 2 is 1.61 bits per heavy atom. The van der Waals surface area contributed by atoms with Crippen molar-refractivity contribution in [3.63, 3.8) is 0 Å². The topological polar surface area (TPSA) is 61.4 Å². The first-order chi connectivity index (χ1) is 8.51. The van der Waals surface area contributed by atoms with Crippen LogP contribution in [0.4, 0.5) is 0 Å². The summed E-state index contributed by atoms with van der Waals surface area (Å²) in [5, 5.41) is 5.94. The van der Waals surface area contributed by atoms with Gasteiger partial charge in [0, 0.05) is 45.1 Å². The van der Waals surface area contributed by atoms with Gasteiger partial charge in [0.15, 0.2) is 0 Å². The van der Waals surface area contributed by atoms with Crippen LogP contribution in [0.3, 0.4) is 0 Å². The third-order valence-corrected chi connectivity index (χ3v) is 2.61. The molecule has 5 heteroatoms. The summed E-state index contributed by atoms with van der Waals surface area (Å²) in [5.41, 5.74) is 0. The normalized spacial score (nSPS) is 10.5. The molecule has 0 unspecified atom stereocenters. The summed E-state index contributed by atoms with van der Waals surface area (Å²) >= 11 is 0. The number of nitrogens with zero attached hydrogens (tertiary/aromatic N) is 1. The third-order valence-electron chi connectivity index (χ3n) is 2.61. The Hall–Kier alpha value is -1.10. The number of carbonyl (C=O) groups excluding carboxylic acids is 2. The van der Waals surface area contributed by atoms with E-state index in [0.29, 0.717) is 25.9 Å². The van der Waals surface area contributed by atoms with Gasteiger partial charge in [0.05, 0.1) is 0 Å². The van der Waals surface area contributed by atoms with Gasteiger partial charge >= 0.3 is 0 Å². The van der Waals surface area contributed by atoms with Crippen LogP contribution in [0.2, 0.25) is 0 Å². The van der Waals surface area contributed by atoms with Gasteiger partial charge in [-0.2, -0.15) is 0 Å². The van der Waals surface area contributed by atoms with Crippen molar-refractivity contribution in [2.24, 2.45) is 0 Å². The highest BCUT2D eigenvalue weighted by molar-refractivity contribution is 5.77. The zero-order valence-electron chi connectivity index (χ0n) is 12.1.